The molecule has 5 rings (SSSR count). The molecule has 146 valence electrons. The fraction of sp³-hybridized carbons (Fsp3) is 0.478. The predicted octanol–water partition coefficient (Wildman–Crippen LogP) is 3.28. The third kappa shape index (κ3) is 3.03. The van der Waals surface area contributed by atoms with E-state index in [2.05, 4.69) is 34.1 Å². The number of hydrogen-bond acceptors (Lipinski definition) is 3. The number of amides is 2. The Morgan fingerprint density at radius 3 is 2.68 bits per heavy atom. The highest BCUT2D eigenvalue weighted by Gasteiger charge is 2.35. The van der Waals surface area contributed by atoms with Gasteiger partial charge in [0.25, 0.3) is 5.91 Å². The summed E-state index contributed by atoms with van der Waals surface area (Å²) < 4.78 is 0. The summed E-state index contributed by atoms with van der Waals surface area (Å²) in [5.74, 6) is 0.466. The summed E-state index contributed by atoms with van der Waals surface area (Å²) in [5, 5.41) is 2.31. The summed E-state index contributed by atoms with van der Waals surface area (Å²) in [6.07, 6.45) is 5.10. The van der Waals surface area contributed by atoms with E-state index in [0.29, 0.717) is 18.4 Å². The third-order valence-corrected chi connectivity index (χ3v) is 6.58. The van der Waals surface area contributed by atoms with Crippen LogP contribution >= 0.6 is 0 Å². The van der Waals surface area contributed by atoms with Gasteiger partial charge < -0.3 is 14.7 Å². The first-order valence-corrected chi connectivity index (χ1v) is 10.6. The van der Waals surface area contributed by atoms with Crippen LogP contribution < -0.4 is 4.90 Å². The minimum atomic E-state index is 0.157. The Hall–Kier alpha value is -2.56. The lowest BCUT2D eigenvalue weighted by molar-refractivity contribution is -0.129. The Labute approximate surface area is 165 Å². The molecule has 2 aromatic rings. The molecule has 2 aromatic carbocycles. The molecule has 0 radical (unpaired) electrons. The van der Waals surface area contributed by atoms with Crippen molar-refractivity contribution in [1.82, 2.24) is 9.80 Å². The SMILES string of the molecule is O=C(c1ccc2c(N3CCN4C(=O)CCC4C3)cccc2c1)N1CCCCC1. The highest BCUT2D eigenvalue weighted by molar-refractivity contribution is 6.02. The van der Waals surface area contributed by atoms with Gasteiger partial charge in [-0.25, -0.2) is 0 Å². The molecule has 3 fully saturated rings. The lowest BCUT2D eigenvalue weighted by Gasteiger charge is -2.39. The second-order valence-electron chi connectivity index (χ2n) is 8.29. The maximum atomic E-state index is 12.9. The van der Waals surface area contributed by atoms with Crippen molar-refractivity contribution in [3.63, 3.8) is 0 Å². The van der Waals surface area contributed by atoms with E-state index in [1.807, 2.05) is 17.0 Å². The quantitative estimate of drug-likeness (QED) is 0.807. The molecule has 0 aliphatic carbocycles. The topological polar surface area (TPSA) is 43.9 Å². The normalized spacial score (nSPS) is 22.6. The van der Waals surface area contributed by atoms with Gasteiger partial charge in [0, 0.05) is 61.8 Å². The predicted molar refractivity (Wildman–Crippen MR) is 111 cm³/mol. The number of likely N-dealkylation sites (tertiary alicyclic amines) is 1. The highest BCUT2D eigenvalue weighted by atomic mass is 16.2. The molecule has 5 nitrogen and oxygen atoms in total. The number of piperidine rings is 1. The third-order valence-electron chi connectivity index (χ3n) is 6.58. The van der Waals surface area contributed by atoms with Gasteiger partial charge in [-0.1, -0.05) is 18.2 Å². The molecule has 0 N–H and O–H groups in total. The van der Waals surface area contributed by atoms with Crippen LogP contribution in [-0.4, -0.2) is 60.4 Å². The van der Waals surface area contributed by atoms with Crippen molar-refractivity contribution in [3.8, 4) is 0 Å². The second-order valence-corrected chi connectivity index (χ2v) is 8.29. The maximum absolute atomic E-state index is 12.9. The number of carbonyl (C=O) groups is 2. The minimum Gasteiger partial charge on any atom is -0.367 e. The second kappa shape index (κ2) is 7.12. The summed E-state index contributed by atoms with van der Waals surface area (Å²) in [6.45, 7) is 4.34. The van der Waals surface area contributed by atoms with Gasteiger partial charge in [-0.2, -0.15) is 0 Å². The Kier molecular flexibility index (Phi) is 4.46. The first kappa shape index (κ1) is 17.5. The molecule has 0 saturated carbocycles. The van der Waals surface area contributed by atoms with E-state index in [0.717, 1.165) is 62.9 Å². The largest absolute Gasteiger partial charge is 0.367 e. The molecule has 3 saturated heterocycles. The Morgan fingerprint density at radius 1 is 0.964 bits per heavy atom. The van der Waals surface area contributed by atoms with Crippen LogP contribution in [0.15, 0.2) is 36.4 Å². The van der Waals surface area contributed by atoms with Crippen LogP contribution in [0.3, 0.4) is 0 Å². The summed E-state index contributed by atoms with van der Waals surface area (Å²) in [7, 11) is 0. The van der Waals surface area contributed by atoms with Gasteiger partial charge in [0.2, 0.25) is 5.91 Å². The van der Waals surface area contributed by atoms with E-state index < -0.39 is 0 Å². The van der Waals surface area contributed by atoms with Crippen molar-refractivity contribution >= 4 is 28.3 Å². The van der Waals surface area contributed by atoms with E-state index in [4.69, 9.17) is 0 Å². The van der Waals surface area contributed by atoms with Gasteiger partial charge in [0.05, 0.1) is 0 Å². The van der Waals surface area contributed by atoms with Crippen LogP contribution in [0.5, 0.6) is 0 Å². The number of rotatable bonds is 2. The number of piperazine rings is 1. The molecule has 0 spiro atoms. The monoisotopic (exact) mass is 377 g/mol. The van der Waals surface area contributed by atoms with Gasteiger partial charge in [-0.05, 0) is 49.3 Å². The van der Waals surface area contributed by atoms with Gasteiger partial charge in [-0.15, -0.1) is 0 Å². The van der Waals surface area contributed by atoms with Crippen molar-refractivity contribution in [3.05, 3.63) is 42.0 Å². The molecule has 28 heavy (non-hydrogen) atoms. The molecule has 3 heterocycles. The number of anilines is 1. The van der Waals surface area contributed by atoms with Crippen LogP contribution in [0.2, 0.25) is 0 Å². The summed E-state index contributed by atoms with van der Waals surface area (Å²) in [4.78, 5) is 31.3. The van der Waals surface area contributed by atoms with Crippen LogP contribution in [0, 0.1) is 0 Å². The van der Waals surface area contributed by atoms with E-state index in [1.165, 1.54) is 17.5 Å². The number of hydrogen-bond donors (Lipinski definition) is 0. The van der Waals surface area contributed by atoms with E-state index in [-0.39, 0.29) is 5.91 Å². The van der Waals surface area contributed by atoms with E-state index >= 15 is 0 Å². The van der Waals surface area contributed by atoms with Gasteiger partial charge >= 0.3 is 0 Å². The molecule has 0 bridgehead atoms. The Balaban J connectivity index is 1.42. The van der Waals surface area contributed by atoms with Gasteiger partial charge in [-0.3, -0.25) is 9.59 Å². The van der Waals surface area contributed by atoms with Gasteiger partial charge in [0.15, 0.2) is 0 Å². The van der Waals surface area contributed by atoms with Crippen molar-refractivity contribution in [2.75, 3.05) is 37.6 Å². The molecule has 3 aliphatic heterocycles. The summed E-state index contributed by atoms with van der Waals surface area (Å²) in [5.41, 5.74) is 2.01. The zero-order chi connectivity index (χ0) is 19.1. The zero-order valence-corrected chi connectivity index (χ0v) is 16.3. The van der Waals surface area contributed by atoms with E-state index in [1.54, 1.807) is 0 Å². The zero-order valence-electron chi connectivity index (χ0n) is 16.3. The smallest absolute Gasteiger partial charge is 0.253 e. The van der Waals surface area contributed by atoms with Crippen molar-refractivity contribution < 1.29 is 9.59 Å². The van der Waals surface area contributed by atoms with E-state index in [9.17, 15) is 9.59 Å². The van der Waals surface area contributed by atoms with Crippen LogP contribution in [0.1, 0.15) is 42.5 Å². The molecule has 3 aliphatic rings. The molecular weight excluding hydrogens is 350 g/mol. The lowest BCUT2D eigenvalue weighted by Crippen LogP contribution is -2.51. The fourth-order valence-corrected chi connectivity index (χ4v) is 5.04. The lowest BCUT2D eigenvalue weighted by atomic mass is 10.0. The van der Waals surface area contributed by atoms with Crippen LogP contribution in [-0.2, 0) is 4.79 Å². The molecule has 0 aromatic heterocycles. The van der Waals surface area contributed by atoms with Crippen molar-refractivity contribution in [2.24, 2.45) is 0 Å². The standard InChI is InChI=1S/C23H27N3O2/c27-22-10-8-19-16-25(13-14-26(19)22)21-6-4-5-17-15-18(7-9-20(17)21)23(28)24-11-2-1-3-12-24/h4-7,9,15,19H,1-3,8,10-14,16H2. The number of benzene rings is 2. The number of carbonyl (C=O) groups excluding carboxylic acids is 2. The number of nitrogens with zero attached hydrogens (tertiary/aromatic N) is 3. The highest BCUT2D eigenvalue weighted by Crippen LogP contribution is 2.32. The maximum Gasteiger partial charge on any atom is 0.253 e. The number of fused-ring (bicyclic) bond motifs is 2. The van der Waals surface area contributed by atoms with Crippen LogP contribution in [0.4, 0.5) is 5.69 Å². The van der Waals surface area contributed by atoms with Crippen molar-refractivity contribution in [1.29, 1.82) is 0 Å². The molecule has 1 unspecified atom stereocenters. The fourth-order valence-electron chi connectivity index (χ4n) is 5.04. The Morgan fingerprint density at radius 2 is 1.82 bits per heavy atom. The first-order valence-electron chi connectivity index (χ1n) is 10.6. The van der Waals surface area contributed by atoms with Gasteiger partial charge in [0.1, 0.15) is 0 Å². The van der Waals surface area contributed by atoms with Crippen LogP contribution in [0.25, 0.3) is 10.8 Å². The molecule has 2 amide bonds. The van der Waals surface area contributed by atoms with Crippen molar-refractivity contribution in [2.45, 2.75) is 38.1 Å². The molecule has 5 heteroatoms. The molecular formula is C23H27N3O2. The molecule has 1 atom stereocenters. The first-order chi connectivity index (χ1) is 13.7. The summed E-state index contributed by atoms with van der Waals surface area (Å²) in [6, 6.07) is 12.8. The minimum absolute atomic E-state index is 0.157. The average Bonchev–Trinajstić information content (AvgIpc) is 3.13. The Bertz CT molecular complexity index is 919. The average molecular weight is 377 g/mol. The summed E-state index contributed by atoms with van der Waals surface area (Å²) >= 11 is 0.